The zero-order valence-electron chi connectivity index (χ0n) is 9.60. The number of nitrogens with zero attached hydrogens (tertiary/aromatic N) is 2. The van der Waals surface area contributed by atoms with E-state index < -0.39 is 0 Å². The number of hydrogen-bond acceptors (Lipinski definition) is 3. The average Bonchev–Trinajstić information content (AvgIpc) is 2.85. The minimum Gasteiger partial charge on any atom is -0.378 e. The Labute approximate surface area is 99.9 Å². The molecule has 0 aliphatic carbocycles. The Bertz CT molecular complexity index is 526. The summed E-state index contributed by atoms with van der Waals surface area (Å²) in [6.07, 6.45) is 3.87. The molecule has 0 spiro atoms. The number of fused-ring (bicyclic) bond motifs is 1. The van der Waals surface area contributed by atoms with Crippen LogP contribution in [-0.4, -0.2) is 42.5 Å². The smallest absolute Gasteiger partial charge is 0.0659 e. The summed E-state index contributed by atoms with van der Waals surface area (Å²) in [5, 5.41) is 7.73. The minimum atomic E-state index is 0.772. The predicted molar refractivity (Wildman–Crippen MR) is 68.3 cm³/mol. The first-order chi connectivity index (χ1) is 8.42. The van der Waals surface area contributed by atoms with Crippen molar-refractivity contribution in [1.29, 1.82) is 0 Å². The molecule has 1 saturated heterocycles. The fraction of sp³-hybridized carbons (Fsp3) is 0.308. The topological polar surface area (TPSA) is 40.6 Å². The molecule has 1 aromatic heterocycles. The summed E-state index contributed by atoms with van der Waals surface area (Å²) in [5.41, 5.74) is 2.29. The fourth-order valence-corrected chi connectivity index (χ4v) is 1.97. The second-order valence-electron chi connectivity index (χ2n) is 4.13. The molecule has 2 heterocycles. The number of hydrazone groups is 1. The van der Waals surface area contributed by atoms with Gasteiger partial charge in [-0.3, -0.25) is 5.01 Å². The van der Waals surface area contributed by atoms with Crippen LogP contribution in [0.25, 0.3) is 10.9 Å². The van der Waals surface area contributed by atoms with Crippen molar-refractivity contribution in [3.8, 4) is 0 Å². The van der Waals surface area contributed by atoms with E-state index in [0.29, 0.717) is 0 Å². The van der Waals surface area contributed by atoms with Crippen LogP contribution in [0.15, 0.2) is 35.6 Å². The van der Waals surface area contributed by atoms with E-state index in [2.05, 4.69) is 34.4 Å². The molecule has 0 atom stereocenters. The lowest BCUT2D eigenvalue weighted by molar-refractivity contribution is 0.0397. The van der Waals surface area contributed by atoms with Crippen LogP contribution in [0.2, 0.25) is 0 Å². The SMILES string of the molecule is C(=N/N1CCOCC1)/c1ccc2[nH]ccc2c1. The zero-order valence-corrected chi connectivity index (χ0v) is 9.60. The van der Waals surface area contributed by atoms with Gasteiger partial charge in [0, 0.05) is 11.7 Å². The van der Waals surface area contributed by atoms with Crippen LogP contribution < -0.4 is 0 Å². The van der Waals surface area contributed by atoms with Crippen LogP contribution in [-0.2, 0) is 4.74 Å². The average molecular weight is 229 g/mol. The molecule has 4 heteroatoms. The summed E-state index contributed by atoms with van der Waals surface area (Å²) in [6, 6.07) is 8.36. The minimum absolute atomic E-state index is 0.772. The molecule has 17 heavy (non-hydrogen) atoms. The van der Waals surface area contributed by atoms with Crippen molar-refractivity contribution < 1.29 is 4.74 Å². The fourth-order valence-electron chi connectivity index (χ4n) is 1.97. The Hall–Kier alpha value is -1.81. The van der Waals surface area contributed by atoms with Crippen molar-refractivity contribution >= 4 is 17.1 Å². The summed E-state index contributed by atoms with van der Waals surface area (Å²) >= 11 is 0. The van der Waals surface area contributed by atoms with Gasteiger partial charge in [-0.05, 0) is 29.1 Å². The highest BCUT2D eigenvalue weighted by Gasteiger charge is 2.06. The maximum atomic E-state index is 5.28. The van der Waals surface area contributed by atoms with Crippen LogP contribution >= 0.6 is 0 Å². The summed E-state index contributed by atoms with van der Waals surface area (Å²) in [6.45, 7) is 3.30. The predicted octanol–water partition coefficient (Wildman–Crippen LogP) is 1.83. The van der Waals surface area contributed by atoms with Crippen LogP contribution in [0.1, 0.15) is 5.56 Å². The van der Waals surface area contributed by atoms with Gasteiger partial charge in [0.2, 0.25) is 0 Å². The second kappa shape index (κ2) is 4.59. The molecular weight excluding hydrogens is 214 g/mol. The van der Waals surface area contributed by atoms with Crippen molar-refractivity contribution in [3.63, 3.8) is 0 Å². The Morgan fingerprint density at radius 2 is 2.12 bits per heavy atom. The van der Waals surface area contributed by atoms with E-state index in [-0.39, 0.29) is 0 Å². The maximum Gasteiger partial charge on any atom is 0.0659 e. The molecule has 0 unspecified atom stereocenters. The zero-order chi connectivity index (χ0) is 11.5. The van der Waals surface area contributed by atoms with Gasteiger partial charge < -0.3 is 9.72 Å². The largest absolute Gasteiger partial charge is 0.378 e. The van der Waals surface area contributed by atoms with E-state index in [4.69, 9.17) is 4.74 Å². The maximum absolute atomic E-state index is 5.28. The van der Waals surface area contributed by atoms with Gasteiger partial charge in [0.15, 0.2) is 0 Å². The molecule has 2 aromatic rings. The van der Waals surface area contributed by atoms with E-state index in [1.54, 1.807) is 0 Å². The molecule has 0 bridgehead atoms. The Morgan fingerprint density at radius 1 is 1.24 bits per heavy atom. The molecule has 1 aliphatic rings. The number of morpholine rings is 1. The summed E-state index contributed by atoms with van der Waals surface area (Å²) in [5.74, 6) is 0. The van der Waals surface area contributed by atoms with E-state index >= 15 is 0 Å². The standard InChI is InChI=1S/C13H15N3O/c1-2-13-12(3-4-14-13)9-11(1)10-15-16-5-7-17-8-6-16/h1-4,9-10,14H,5-8H2/b15-10-. The van der Waals surface area contributed by atoms with Gasteiger partial charge in [0.05, 0.1) is 32.5 Å². The van der Waals surface area contributed by atoms with Crippen molar-refractivity contribution in [1.82, 2.24) is 9.99 Å². The first kappa shape index (κ1) is 10.4. The first-order valence-corrected chi connectivity index (χ1v) is 5.86. The number of rotatable bonds is 2. The lowest BCUT2D eigenvalue weighted by Crippen LogP contribution is -2.32. The highest BCUT2D eigenvalue weighted by atomic mass is 16.5. The van der Waals surface area contributed by atoms with E-state index in [1.807, 2.05) is 17.4 Å². The van der Waals surface area contributed by atoms with Crippen LogP contribution in [0.5, 0.6) is 0 Å². The van der Waals surface area contributed by atoms with Gasteiger partial charge >= 0.3 is 0 Å². The summed E-state index contributed by atoms with van der Waals surface area (Å²) in [4.78, 5) is 3.18. The van der Waals surface area contributed by atoms with E-state index in [1.165, 1.54) is 5.39 Å². The van der Waals surface area contributed by atoms with Gasteiger partial charge in [-0.1, -0.05) is 6.07 Å². The third-order valence-corrected chi connectivity index (χ3v) is 2.93. The number of benzene rings is 1. The van der Waals surface area contributed by atoms with Crippen molar-refractivity contribution in [2.75, 3.05) is 26.3 Å². The van der Waals surface area contributed by atoms with Crippen molar-refractivity contribution in [2.45, 2.75) is 0 Å². The third kappa shape index (κ3) is 2.31. The molecule has 0 saturated carbocycles. The number of hydrogen-bond donors (Lipinski definition) is 1. The second-order valence-corrected chi connectivity index (χ2v) is 4.13. The molecular formula is C13H15N3O. The monoisotopic (exact) mass is 229 g/mol. The number of aromatic amines is 1. The van der Waals surface area contributed by atoms with Gasteiger partial charge in [-0.15, -0.1) is 0 Å². The molecule has 4 nitrogen and oxygen atoms in total. The van der Waals surface area contributed by atoms with E-state index in [0.717, 1.165) is 37.4 Å². The highest BCUT2D eigenvalue weighted by Crippen LogP contribution is 2.13. The number of nitrogens with one attached hydrogen (secondary N) is 1. The highest BCUT2D eigenvalue weighted by molar-refractivity contribution is 5.88. The molecule has 1 aromatic carbocycles. The van der Waals surface area contributed by atoms with Crippen LogP contribution in [0.3, 0.4) is 0 Å². The number of H-pyrrole nitrogens is 1. The van der Waals surface area contributed by atoms with Crippen molar-refractivity contribution in [3.05, 3.63) is 36.0 Å². The van der Waals surface area contributed by atoms with Gasteiger partial charge in [0.25, 0.3) is 0 Å². The molecule has 1 fully saturated rings. The molecule has 1 N–H and O–H groups in total. The summed E-state index contributed by atoms with van der Waals surface area (Å²) in [7, 11) is 0. The van der Waals surface area contributed by atoms with E-state index in [9.17, 15) is 0 Å². The number of aromatic nitrogens is 1. The third-order valence-electron chi connectivity index (χ3n) is 2.93. The van der Waals surface area contributed by atoms with Gasteiger partial charge in [0.1, 0.15) is 0 Å². The Morgan fingerprint density at radius 3 is 3.00 bits per heavy atom. The quantitative estimate of drug-likeness (QED) is 0.798. The van der Waals surface area contributed by atoms with Gasteiger partial charge in [-0.25, -0.2) is 0 Å². The lowest BCUT2D eigenvalue weighted by Gasteiger charge is -2.23. The molecule has 88 valence electrons. The molecule has 0 amide bonds. The summed E-state index contributed by atoms with van der Waals surface area (Å²) < 4.78 is 5.28. The lowest BCUT2D eigenvalue weighted by atomic mass is 10.2. The number of ether oxygens (including phenoxy) is 1. The first-order valence-electron chi connectivity index (χ1n) is 5.86. The molecule has 0 radical (unpaired) electrons. The molecule has 3 rings (SSSR count). The normalized spacial score (nSPS) is 17.1. The molecule has 1 aliphatic heterocycles. The van der Waals surface area contributed by atoms with Crippen LogP contribution in [0.4, 0.5) is 0 Å². The Kier molecular flexibility index (Phi) is 2.80. The van der Waals surface area contributed by atoms with Crippen LogP contribution in [0, 0.1) is 0 Å². The van der Waals surface area contributed by atoms with Gasteiger partial charge in [-0.2, -0.15) is 5.10 Å². The Balaban J connectivity index is 1.76. The van der Waals surface area contributed by atoms with Crippen molar-refractivity contribution in [2.24, 2.45) is 5.10 Å².